The fourth-order valence-corrected chi connectivity index (χ4v) is 2.69. The molecule has 0 atom stereocenters. The van der Waals surface area contributed by atoms with Crippen molar-refractivity contribution in [2.45, 2.75) is 0 Å². The largest absolute Gasteiger partial charge is 0.383 e. The third-order valence-electron chi connectivity index (χ3n) is 3.80. The van der Waals surface area contributed by atoms with Gasteiger partial charge < -0.3 is 15.4 Å². The number of hydrogen-bond donors (Lipinski definition) is 2. The number of nitrogens with one attached hydrogen (secondary N) is 2. The molecule has 6 nitrogen and oxygen atoms in total. The first kappa shape index (κ1) is 18.8. The van der Waals surface area contributed by atoms with Crippen LogP contribution in [0.1, 0.15) is 10.4 Å². The number of rotatable bonds is 7. The van der Waals surface area contributed by atoms with Crippen molar-refractivity contribution in [2.75, 3.05) is 30.9 Å². The van der Waals surface area contributed by atoms with E-state index in [4.69, 9.17) is 16.3 Å². The number of anilines is 2. The monoisotopic (exact) mass is 382 g/mol. The standard InChI is InChI=1S/C20H19ClN4O2/c1-27-11-10-24-19-12-14(7-9-23-19)20(26)25-15-5-6-17(21)16(13-15)18-4-2-3-8-22-18/h2-9,12-13H,10-11H2,1H3,(H,23,24)(H,25,26). The molecule has 2 aromatic heterocycles. The lowest BCUT2D eigenvalue weighted by atomic mass is 10.1. The molecule has 0 aliphatic carbocycles. The molecule has 2 heterocycles. The molecule has 1 aromatic carbocycles. The number of pyridine rings is 2. The molecule has 2 N–H and O–H groups in total. The van der Waals surface area contributed by atoms with Gasteiger partial charge in [0.1, 0.15) is 5.82 Å². The average molecular weight is 383 g/mol. The highest BCUT2D eigenvalue weighted by Gasteiger charge is 2.10. The molecule has 0 radical (unpaired) electrons. The number of nitrogens with zero attached hydrogens (tertiary/aromatic N) is 2. The van der Waals surface area contributed by atoms with Gasteiger partial charge in [-0.1, -0.05) is 17.7 Å². The van der Waals surface area contributed by atoms with Crippen molar-refractivity contribution in [3.05, 3.63) is 71.5 Å². The van der Waals surface area contributed by atoms with Crippen LogP contribution in [0.5, 0.6) is 0 Å². The topological polar surface area (TPSA) is 76.1 Å². The molecule has 0 bridgehead atoms. The van der Waals surface area contributed by atoms with E-state index in [0.29, 0.717) is 35.2 Å². The maximum absolute atomic E-state index is 12.6. The van der Waals surface area contributed by atoms with Crippen LogP contribution >= 0.6 is 11.6 Å². The van der Waals surface area contributed by atoms with Crippen LogP contribution in [0.3, 0.4) is 0 Å². The summed E-state index contributed by atoms with van der Waals surface area (Å²) in [5, 5.41) is 6.56. The van der Waals surface area contributed by atoms with E-state index >= 15 is 0 Å². The van der Waals surface area contributed by atoms with E-state index in [-0.39, 0.29) is 5.91 Å². The summed E-state index contributed by atoms with van der Waals surface area (Å²) in [6, 6.07) is 14.3. The maximum atomic E-state index is 12.6. The van der Waals surface area contributed by atoms with Crippen LogP contribution in [0.25, 0.3) is 11.3 Å². The first-order chi connectivity index (χ1) is 13.2. The predicted molar refractivity (Wildman–Crippen MR) is 107 cm³/mol. The van der Waals surface area contributed by atoms with Crippen LogP contribution in [0.15, 0.2) is 60.9 Å². The lowest BCUT2D eigenvalue weighted by Gasteiger charge is -2.10. The van der Waals surface area contributed by atoms with Crippen molar-refractivity contribution >= 4 is 29.0 Å². The van der Waals surface area contributed by atoms with Gasteiger partial charge in [-0.2, -0.15) is 0 Å². The van der Waals surface area contributed by atoms with Crippen molar-refractivity contribution in [3.8, 4) is 11.3 Å². The van der Waals surface area contributed by atoms with Gasteiger partial charge in [-0.3, -0.25) is 9.78 Å². The molecule has 3 aromatic rings. The summed E-state index contributed by atoms with van der Waals surface area (Å²) in [5.74, 6) is 0.381. The van der Waals surface area contributed by atoms with E-state index in [0.717, 1.165) is 11.3 Å². The minimum Gasteiger partial charge on any atom is -0.383 e. The molecule has 0 saturated heterocycles. The van der Waals surface area contributed by atoms with Crippen LogP contribution in [0, 0.1) is 0 Å². The molecule has 0 aliphatic heterocycles. The van der Waals surface area contributed by atoms with Crippen LogP contribution in [0.4, 0.5) is 11.5 Å². The number of hydrogen-bond acceptors (Lipinski definition) is 5. The van der Waals surface area contributed by atoms with Gasteiger partial charge in [0.05, 0.1) is 17.3 Å². The molecule has 0 fully saturated rings. The van der Waals surface area contributed by atoms with Crippen LogP contribution in [-0.2, 0) is 4.74 Å². The van der Waals surface area contributed by atoms with E-state index in [1.807, 2.05) is 24.3 Å². The highest BCUT2D eigenvalue weighted by Crippen LogP contribution is 2.29. The molecule has 1 amide bonds. The Bertz CT molecular complexity index is 919. The van der Waals surface area contributed by atoms with Crippen molar-refractivity contribution < 1.29 is 9.53 Å². The number of benzene rings is 1. The number of carbonyl (C=O) groups is 1. The molecule has 3 rings (SSSR count). The minimum absolute atomic E-state index is 0.235. The van der Waals surface area contributed by atoms with Gasteiger partial charge in [0.25, 0.3) is 5.91 Å². The van der Waals surface area contributed by atoms with Gasteiger partial charge in [-0.15, -0.1) is 0 Å². The lowest BCUT2D eigenvalue weighted by molar-refractivity contribution is 0.102. The van der Waals surface area contributed by atoms with Gasteiger partial charge in [0.15, 0.2) is 0 Å². The Morgan fingerprint density at radius 1 is 1.11 bits per heavy atom. The quantitative estimate of drug-likeness (QED) is 0.601. The number of carbonyl (C=O) groups excluding carboxylic acids is 1. The molecule has 7 heteroatoms. The van der Waals surface area contributed by atoms with Crippen molar-refractivity contribution in [1.82, 2.24) is 9.97 Å². The Balaban J connectivity index is 1.76. The van der Waals surface area contributed by atoms with Gasteiger partial charge in [-0.05, 0) is 42.5 Å². The van der Waals surface area contributed by atoms with Crippen molar-refractivity contribution in [2.24, 2.45) is 0 Å². The summed E-state index contributed by atoms with van der Waals surface area (Å²) in [5.41, 5.74) is 2.63. The summed E-state index contributed by atoms with van der Waals surface area (Å²) < 4.78 is 4.99. The van der Waals surface area contributed by atoms with Crippen LogP contribution < -0.4 is 10.6 Å². The first-order valence-electron chi connectivity index (χ1n) is 8.38. The summed E-state index contributed by atoms with van der Waals surface area (Å²) in [6.45, 7) is 1.17. The zero-order valence-corrected chi connectivity index (χ0v) is 15.5. The molecular weight excluding hydrogens is 364 g/mol. The summed E-state index contributed by atoms with van der Waals surface area (Å²) >= 11 is 6.29. The number of amides is 1. The fraction of sp³-hybridized carbons (Fsp3) is 0.150. The fourth-order valence-electron chi connectivity index (χ4n) is 2.47. The van der Waals surface area contributed by atoms with E-state index in [2.05, 4.69) is 20.6 Å². The molecule has 138 valence electrons. The van der Waals surface area contributed by atoms with Crippen molar-refractivity contribution in [3.63, 3.8) is 0 Å². The van der Waals surface area contributed by atoms with E-state index in [1.165, 1.54) is 0 Å². The zero-order valence-electron chi connectivity index (χ0n) is 14.8. The minimum atomic E-state index is -0.235. The maximum Gasteiger partial charge on any atom is 0.255 e. The molecule has 0 aliphatic rings. The average Bonchev–Trinajstić information content (AvgIpc) is 2.70. The van der Waals surface area contributed by atoms with Crippen LogP contribution in [0.2, 0.25) is 5.02 Å². The second kappa shape index (κ2) is 9.12. The molecule has 0 saturated carbocycles. The highest BCUT2D eigenvalue weighted by atomic mass is 35.5. The number of halogens is 1. The molecular formula is C20H19ClN4O2. The second-order valence-electron chi connectivity index (χ2n) is 5.71. The number of ether oxygens (including phenoxy) is 1. The summed E-state index contributed by atoms with van der Waals surface area (Å²) in [6.07, 6.45) is 3.29. The Hall–Kier alpha value is -2.96. The lowest BCUT2D eigenvalue weighted by Crippen LogP contribution is -2.14. The van der Waals surface area contributed by atoms with Crippen LogP contribution in [-0.4, -0.2) is 36.1 Å². The SMILES string of the molecule is COCCNc1cc(C(=O)Nc2ccc(Cl)c(-c3ccccn3)c2)ccn1. The first-order valence-corrected chi connectivity index (χ1v) is 8.76. The zero-order chi connectivity index (χ0) is 19.1. The Morgan fingerprint density at radius 2 is 2.00 bits per heavy atom. The van der Waals surface area contributed by atoms with Gasteiger partial charge >= 0.3 is 0 Å². The van der Waals surface area contributed by atoms with E-state index < -0.39 is 0 Å². The van der Waals surface area contributed by atoms with Gasteiger partial charge in [0, 0.05) is 42.9 Å². The van der Waals surface area contributed by atoms with Gasteiger partial charge in [-0.25, -0.2) is 4.98 Å². The van der Waals surface area contributed by atoms with Gasteiger partial charge in [0.2, 0.25) is 0 Å². The van der Waals surface area contributed by atoms with Crippen molar-refractivity contribution in [1.29, 1.82) is 0 Å². The number of aromatic nitrogens is 2. The predicted octanol–water partition coefficient (Wildman–Crippen LogP) is 4.11. The second-order valence-corrected chi connectivity index (χ2v) is 6.12. The third kappa shape index (κ3) is 5.03. The highest BCUT2D eigenvalue weighted by molar-refractivity contribution is 6.33. The smallest absolute Gasteiger partial charge is 0.255 e. The summed E-state index contributed by atoms with van der Waals surface area (Å²) in [7, 11) is 1.63. The normalized spacial score (nSPS) is 10.4. The third-order valence-corrected chi connectivity index (χ3v) is 4.13. The molecule has 0 spiro atoms. The Morgan fingerprint density at radius 3 is 2.78 bits per heavy atom. The van der Waals surface area contributed by atoms with E-state index in [1.54, 1.807) is 43.8 Å². The Labute approximate surface area is 162 Å². The summed E-state index contributed by atoms with van der Waals surface area (Å²) in [4.78, 5) is 21.1. The Kier molecular flexibility index (Phi) is 6.35. The molecule has 0 unspecified atom stereocenters. The number of methoxy groups -OCH3 is 1. The molecule has 27 heavy (non-hydrogen) atoms. The van der Waals surface area contributed by atoms with E-state index in [9.17, 15) is 4.79 Å².